The molecule has 4 N–H and O–H groups in total. The number of nitrogens with zero attached hydrogens (tertiary/aromatic N) is 12. The summed E-state index contributed by atoms with van der Waals surface area (Å²) < 4.78 is 63.1. The van der Waals surface area contributed by atoms with Gasteiger partial charge in [0.15, 0.2) is 0 Å². The smallest absolute Gasteiger partial charge is 0.562 e. The van der Waals surface area contributed by atoms with Crippen LogP contribution in [-0.2, 0) is 36.7 Å². The van der Waals surface area contributed by atoms with Gasteiger partial charge in [-0.05, 0) is 47.2 Å². The van der Waals surface area contributed by atoms with Crippen molar-refractivity contribution < 1.29 is 52.6 Å². The first kappa shape index (κ1) is 38.7. The van der Waals surface area contributed by atoms with E-state index < -0.39 is 20.2 Å². The molecule has 53 heavy (non-hydrogen) atoms. The molecule has 6 aromatic rings. The van der Waals surface area contributed by atoms with Gasteiger partial charge in [0.25, 0.3) is 26.2 Å². The van der Waals surface area contributed by atoms with Crippen LogP contribution in [0.5, 0.6) is 11.5 Å². The van der Waals surface area contributed by atoms with Crippen LogP contribution in [0.4, 0.5) is 40.7 Å². The van der Waals surface area contributed by atoms with Crippen LogP contribution in [0.3, 0.4) is 0 Å². The van der Waals surface area contributed by atoms with Crippen LogP contribution < -0.4 is 9.97 Å². The minimum atomic E-state index is -4.38. The zero-order valence-corrected chi connectivity index (χ0v) is 28.3. The van der Waals surface area contributed by atoms with Crippen LogP contribution in [0, 0.1) is 31.0 Å². The Morgan fingerprint density at radius 2 is 1.11 bits per heavy atom. The molecule has 0 bridgehead atoms. The van der Waals surface area contributed by atoms with Gasteiger partial charge in [-0.3, -0.25) is 24.1 Å². The van der Waals surface area contributed by atoms with Crippen molar-refractivity contribution in [3.63, 3.8) is 0 Å². The van der Waals surface area contributed by atoms with Crippen molar-refractivity contribution in [2.75, 3.05) is 0 Å². The number of nitriles is 1. The summed E-state index contributed by atoms with van der Waals surface area (Å²) in [7, 11) is -8.75. The minimum Gasteiger partial charge on any atom is -0.562 e. The fourth-order valence-electron chi connectivity index (χ4n) is 4.31. The van der Waals surface area contributed by atoms with Gasteiger partial charge in [-0.2, -0.15) is 22.1 Å². The summed E-state index contributed by atoms with van der Waals surface area (Å²) in [5.41, 5.74) is -0.158. The molecule has 0 atom stereocenters. The second kappa shape index (κ2) is 15.4. The summed E-state index contributed by atoms with van der Waals surface area (Å²) in [5, 5.41) is 45.5. The summed E-state index contributed by atoms with van der Waals surface area (Å²) in [5.74, 6) is -1.52. The number of azo groups is 2. The average molecular weight is 793 g/mol. The molecular formula is C30H14N12NiO8S2. The number of hydrogen-bond acceptors (Lipinski definition) is 13. The van der Waals surface area contributed by atoms with E-state index in [1.165, 1.54) is 48.5 Å². The third-order valence-corrected chi connectivity index (χ3v) is 8.32. The Kier molecular flexibility index (Phi) is 11.3. The van der Waals surface area contributed by atoms with Crippen LogP contribution in [0.2, 0.25) is 0 Å². The minimum absolute atomic E-state index is 0. The molecule has 4 aromatic carbocycles. The zero-order chi connectivity index (χ0) is 37.8. The molecule has 0 radical (unpaired) electrons. The molecule has 0 saturated heterocycles. The summed E-state index contributed by atoms with van der Waals surface area (Å²) in [4.78, 5) is 23.5. The monoisotopic (exact) mass is 792 g/mol. The normalized spacial score (nSPS) is 11.3. The maximum Gasteiger partial charge on any atom is 2.00 e. The molecule has 0 aliphatic carbocycles. The summed E-state index contributed by atoms with van der Waals surface area (Å²) >= 11 is 0. The van der Waals surface area contributed by atoms with Crippen molar-refractivity contribution in [3.05, 3.63) is 101 Å². The number of hydrogen-bond donors (Lipinski definition) is 4. The van der Waals surface area contributed by atoms with Gasteiger partial charge in [-0.1, -0.05) is 30.8 Å². The van der Waals surface area contributed by atoms with E-state index in [2.05, 4.69) is 54.9 Å². The van der Waals surface area contributed by atoms with Crippen LogP contribution in [0.1, 0.15) is 5.69 Å². The number of aromatic nitrogens is 4. The number of phenols is 2. The molecule has 20 nitrogen and oxygen atoms in total. The van der Waals surface area contributed by atoms with Gasteiger partial charge in [0.05, 0.1) is 21.4 Å². The molecule has 2 heterocycles. The van der Waals surface area contributed by atoms with Gasteiger partial charge >= 0.3 is 16.5 Å². The Morgan fingerprint density at radius 3 is 1.49 bits per heavy atom. The van der Waals surface area contributed by atoms with Gasteiger partial charge in [-0.15, -0.1) is 20.5 Å². The van der Waals surface area contributed by atoms with Crippen molar-refractivity contribution >= 4 is 82.5 Å². The molecular weight excluding hydrogens is 779 g/mol. The van der Waals surface area contributed by atoms with E-state index in [9.17, 15) is 27.0 Å². The number of imidazole rings is 2. The summed E-state index contributed by atoms with van der Waals surface area (Å²) in [6.45, 7) is 20.7. The molecule has 23 heteroatoms. The topological polar surface area (TPSA) is 289 Å². The Balaban J connectivity index is 0.000000232. The molecule has 2 aromatic heterocycles. The largest absolute Gasteiger partial charge is 2.00 e. The number of fused-ring (bicyclic) bond motifs is 2. The van der Waals surface area contributed by atoms with Crippen LogP contribution in [0.15, 0.2) is 90.9 Å². The fourth-order valence-corrected chi connectivity index (χ4v) is 5.34. The quantitative estimate of drug-likeness (QED) is 0.0596. The number of phenolic OH excluding ortho intramolecular Hbond substituents is 2. The molecule has 6 rings (SSSR count). The molecule has 0 saturated carbocycles. The predicted molar refractivity (Wildman–Crippen MR) is 178 cm³/mol. The van der Waals surface area contributed by atoms with Gasteiger partial charge in [0.2, 0.25) is 5.95 Å². The van der Waals surface area contributed by atoms with Crippen molar-refractivity contribution in [1.82, 2.24) is 19.9 Å². The second-order valence-corrected chi connectivity index (χ2v) is 12.6. The standard InChI is InChI=1S/2C15H7N6O4S.Ni/c1-16-13-14(17-2)19-15(18-13)21-20-12-10-5-4-9(26(23,24)25)7-8(10)3-6-11(12)22;1-17-14-11(7-16)18-15(19-14)21-20-13-10-4-3-9(26(23,24)25)6-8(10)2-5-12(13)22;/h3-7H,(H2-,18,19,20,21,22,23,24,25);2-6H,(H2-,18,19,20,21,22,23,24,25);/q2*-1;+2. The molecule has 0 aliphatic heterocycles. The Morgan fingerprint density at radius 1 is 0.660 bits per heavy atom. The van der Waals surface area contributed by atoms with Gasteiger partial charge in [0.1, 0.15) is 40.5 Å². The van der Waals surface area contributed by atoms with Crippen molar-refractivity contribution in [3.8, 4) is 17.6 Å². The van der Waals surface area contributed by atoms with Crippen LogP contribution in [-0.4, -0.2) is 46.1 Å². The van der Waals surface area contributed by atoms with Crippen molar-refractivity contribution in [2.45, 2.75) is 9.79 Å². The summed E-state index contributed by atoms with van der Waals surface area (Å²) in [6.07, 6.45) is 0. The van der Waals surface area contributed by atoms with Crippen LogP contribution in [0.25, 0.3) is 36.1 Å². The molecule has 0 unspecified atom stereocenters. The SMILES string of the molecule is [C-]#[N+]c1[n-]c(N=Nc2c(O)ccc3cc(S(=O)(=O)O)ccc23)nc1C#N.[C-]#[N+]c1nc(N=Nc2c(O)ccc3cc(S(=O)(=O)O)ccc23)[n-]c1[N+]#[C-].[Ni+2]. The Hall–Kier alpha value is -7.11. The van der Waals surface area contributed by atoms with E-state index >= 15 is 0 Å². The van der Waals surface area contributed by atoms with Crippen molar-refractivity contribution in [2.24, 2.45) is 20.5 Å². The van der Waals surface area contributed by atoms with E-state index in [1.807, 2.05) is 0 Å². The maximum atomic E-state index is 11.2. The molecule has 0 amide bonds. The molecule has 0 aliphatic rings. The number of benzene rings is 4. The Labute approximate surface area is 307 Å². The molecule has 264 valence electrons. The second-order valence-electron chi connectivity index (χ2n) is 9.80. The first-order chi connectivity index (χ1) is 24.7. The predicted octanol–water partition coefficient (Wildman–Crippen LogP) is 6.64. The first-order valence-corrected chi connectivity index (χ1v) is 16.5. The third-order valence-electron chi connectivity index (χ3n) is 6.62. The third kappa shape index (κ3) is 8.45. The number of aromatic hydroxyl groups is 2. The van der Waals surface area contributed by atoms with Gasteiger partial charge in [-0.25, -0.2) is 18.1 Å². The Bertz CT molecular complexity index is 2640. The molecule has 0 fully saturated rings. The first-order valence-electron chi connectivity index (χ1n) is 13.6. The van der Waals surface area contributed by atoms with Crippen molar-refractivity contribution in [1.29, 1.82) is 5.26 Å². The zero-order valence-electron chi connectivity index (χ0n) is 25.7. The average Bonchev–Trinajstić information content (AvgIpc) is 3.73. The van der Waals surface area contributed by atoms with E-state index in [0.29, 0.717) is 21.5 Å². The van der Waals surface area contributed by atoms with Gasteiger partial charge in [0, 0.05) is 10.8 Å². The fraction of sp³-hybridized carbons (Fsp3) is 0. The van der Waals surface area contributed by atoms with Crippen LogP contribution >= 0.6 is 0 Å². The molecule has 0 spiro atoms. The van der Waals surface area contributed by atoms with E-state index in [-0.39, 0.29) is 84.2 Å². The number of rotatable bonds is 6. The van der Waals surface area contributed by atoms with Gasteiger partial charge < -0.3 is 24.7 Å². The van der Waals surface area contributed by atoms with E-state index in [4.69, 9.17) is 34.1 Å². The van der Waals surface area contributed by atoms with E-state index in [1.54, 1.807) is 6.07 Å². The summed E-state index contributed by atoms with van der Waals surface area (Å²) in [6, 6.07) is 14.6. The maximum absolute atomic E-state index is 11.2. The van der Waals surface area contributed by atoms with E-state index in [0.717, 1.165) is 12.1 Å².